The first-order valence-corrected chi connectivity index (χ1v) is 7.17. The van der Waals surface area contributed by atoms with Crippen LogP contribution in [0.25, 0.3) is 0 Å². The third kappa shape index (κ3) is 3.48. The van der Waals surface area contributed by atoms with Crippen LogP contribution in [0.5, 0.6) is 0 Å². The molecule has 0 aliphatic heterocycles. The van der Waals surface area contributed by atoms with Crippen molar-refractivity contribution in [1.82, 2.24) is 0 Å². The van der Waals surface area contributed by atoms with Crippen molar-refractivity contribution in [3.8, 4) is 0 Å². The van der Waals surface area contributed by atoms with Gasteiger partial charge in [0, 0.05) is 26.1 Å². The van der Waals surface area contributed by atoms with Gasteiger partial charge in [0.2, 0.25) is 0 Å². The number of rotatable bonds is 3. The van der Waals surface area contributed by atoms with Gasteiger partial charge in [-0.05, 0) is 36.2 Å². The van der Waals surface area contributed by atoms with E-state index in [1.165, 1.54) is 6.07 Å². The lowest BCUT2D eigenvalue weighted by molar-refractivity contribution is 0.593. The van der Waals surface area contributed by atoms with Crippen LogP contribution in [0.15, 0.2) is 40.9 Å². The van der Waals surface area contributed by atoms with Crippen LogP contribution >= 0.6 is 39.1 Å². The molecule has 0 saturated heterocycles. The summed E-state index contributed by atoms with van der Waals surface area (Å²) >= 11 is 15.5. The van der Waals surface area contributed by atoms with E-state index in [0.29, 0.717) is 22.0 Å². The predicted octanol–water partition coefficient (Wildman–Crippen LogP) is 5.14. The molecule has 2 aromatic rings. The van der Waals surface area contributed by atoms with Gasteiger partial charge in [0.1, 0.15) is 5.82 Å². The minimum absolute atomic E-state index is 0.298. The number of hydrogen-bond acceptors (Lipinski definition) is 1. The molecule has 1 unspecified atom stereocenters. The summed E-state index contributed by atoms with van der Waals surface area (Å²) in [6.45, 7) is 0. The topological polar surface area (TPSA) is 26.0 Å². The summed E-state index contributed by atoms with van der Waals surface area (Å²) in [7, 11) is 0. The summed E-state index contributed by atoms with van der Waals surface area (Å²) in [5.74, 6) is -0.351. The summed E-state index contributed by atoms with van der Waals surface area (Å²) in [5, 5.41) is 0.929. The van der Waals surface area contributed by atoms with E-state index in [-0.39, 0.29) is 5.82 Å². The monoisotopic (exact) mass is 361 g/mol. The molecule has 1 nitrogen and oxygen atoms in total. The molecule has 0 aliphatic rings. The minimum Gasteiger partial charge on any atom is -0.324 e. The van der Waals surface area contributed by atoms with Crippen LogP contribution in [0, 0.1) is 5.82 Å². The largest absolute Gasteiger partial charge is 0.324 e. The SMILES string of the molecule is NC(Cc1c(F)cccc1Cl)c1ccc(Br)cc1Cl. The van der Waals surface area contributed by atoms with Crippen molar-refractivity contribution in [3.63, 3.8) is 0 Å². The van der Waals surface area contributed by atoms with Crippen molar-refractivity contribution in [2.24, 2.45) is 5.73 Å². The molecule has 2 N–H and O–H groups in total. The molecule has 0 fully saturated rings. The highest BCUT2D eigenvalue weighted by Crippen LogP contribution is 2.29. The van der Waals surface area contributed by atoms with Crippen molar-refractivity contribution >= 4 is 39.1 Å². The first-order valence-electron chi connectivity index (χ1n) is 5.62. The van der Waals surface area contributed by atoms with Gasteiger partial charge in [0.15, 0.2) is 0 Å². The Morgan fingerprint density at radius 1 is 1.16 bits per heavy atom. The second kappa shape index (κ2) is 6.23. The molecule has 1 atom stereocenters. The fraction of sp³-hybridized carbons (Fsp3) is 0.143. The molecule has 2 aromatic carbocycles. The van der Waals surface area contributed by atoms with E-state index in [1.54, 1.807) is 18.2 Å². The first-order chi connectivity index (χ1) is 8.99. The van der Waals surface area contributed by atoms with Gasteiger partial charge in [-0.2, -0.15) is 0 Å². The van der Waals surface area contributed by atoms with Crippen molar-refractivity contribution in [2.45, 2.75) is 12.5 Å². The Kier molecular flexibility index (Phi) is 4.85. The number of halogens is 4. The highest BCUT2D eigenvalue weighted by Gasteiger charge is 2.15. The molecule has 0 radical (unpaired) electrons. The predicted molar refractivity (Wildman–Crippen MR) is 81.2 cm³/mol. The summed E-state index contributed by atoms with van der Waals surface area (Å²) in [5.41, 5.74) is 7.27. The Hall–Kier alpha value is -0.610. The van der Waals surface area contributed by atoms with Gasteiger partial charge >= 0.3 is 0 Å². The summed E-state index contributed by atoms with van der Waals surface area (Å²) in [4.78, 5) is 0. The number of nitrogens with two attached hydrogens (primary N) is 1. The minimum atomic E-state index is -0.407. The molecule has 5 heteroatoms. The van der Waals surface area contributed by atoms with Crippen molar-refractivity contribution in [2.75, 3.05) is 0 Å². The summed E-state index contributed by atoms with van der Waals surface area (Å²) < 4.78 is 14.6. The average Bonchev–Trinajstić information content (AvgIpc) is 2.33. The molecule has 0 saturated carbocycles. The van der Waals surface area contributed by atoms with E-state index in [2.05, 4.69) is 15.9 Å². The Morgan fingerprint density at radius 3 is 2.53 bits per heavy atom. The fourth-order valence-corrected chi connectivity index (χ4v) is 2.91. The zero-order valence-electron chi connectivity index (χ0n) is 9.84. The Morgan fingerprint density at radius 2 is 1.89 bits per heavy atom. The van der Waals surface area contributed by atoms with Gasteiger partial charge in [0.05, 0.1) is 0 Å². The van der Waals surface area contributed by atoms with E-state index >= 15 is 0 Å². The van der Waals surface area contributed by atoms with E-state index < -0.39 is 6.04 Å². The van der Waals surface area contributed by atoms with Crippen LogP contribution in [0.4, 0.5) is 4.39 Å². The number of hydrogen-bond donors (Lipinski definition) is 1. The molecule has 0 aliphatic carbocycles. The van der Waals surface area contributed by atoms with Crippen LogP contribution in [0.2, 0.25) is 10.0 Å². The van der Waals surface area contributed by atoms with Gasteiger partial charge in [-0.1, -0.05) is 51.3 Å². The molecular weight excluding hydrogens is 352 g/mol. The standard InChI is InChI=1S/C14H11BrCl2FN/c15-8-4-5-9(12(17)6-8)14(19)7-10-11(16)2-1-3-13(10)18/h1-6,14H,7,19H2. The smallest absolute Gasteiger partial charge is 0.127 e. The van der Waals surface area contributed by atoms with Gasteiger partial charge in [-0.25, -0.2) is 4.39 Å². The highest BCUT2D eigenvalue weighted by molar-refractivity contribution is 9.10. The van der Waals surface area contributed by atoms with Crippen molar-refractivity contribution in [1.29, 1.82) is 0 Å². The first kappa shape index (κ1) is 14.8. The summed E-state index contributed by atoms with van der Waals surface area (Å²) in [6.07, 6.45) is 0.298. The second-order valence-corrected chi connectivity index (χ2v) is 5.91. The fourth-order valence-electron chi connectivity index (χ4n) is 1.86. The van der Waals surface area contributed by atoms with Gasteiger partial charge in [-0.15, -0.1) is 0 Å². The average molecular weight is 363 g/mol. The maximum Gasteiger partial charge on any atom is 0.127 e. The zero-order chi connectivity index (χ0) is 14.0. The van der Waals surface area contributed by atoms with Crippen LogP contribution in [-0.4, -0.2) is 0 Å². The molecule has 0 amide bonds. The van der Waals surface area contributed by atoms with E-state index in [1.807, 2.05) is 12.1 Å². The maximum atomic E-state index is 13.7. The van der Waals surface area contributed by atoms with E-state index in [9.17, 15) is 4.39 Å². The maximum absolute atomic E-state index is 13.7. The van der Waals surface area contributed by atoms with Crippen LogP contribution in [0.3, 0.4) is 0 Å². The molecule has 2 rings (SSSR count). The van der Waals surface area contributed by atoms with E-state index in [4.69, 9.17) is 28.9 Å². The normalized spacial score (nSPS) is 12.5. The molecule has 0 aromatic heterocycles. The van der Waals surface area contributed by atoms with Crippen LogP contribution in [0.1, 0.15) is 17.2 Å². The molecule has 0 spiro atoms. The zero-order valence-corrected chi connectivity index (χ0v) is 12.9. The molecule has 19 heavy (non-hydrogen) atoms. The third-order valence-corrected chi connectivity index (χ3v) is 4.02. The second-order valence-electron chi connectivity index (χ2n) is 4.18. The van der Waals surface area contributed by atoms with Crippen LogP contribution in [-0.2, 0) is 6.42 Å². The van der Waals surface area contributed by atoms with Gasteiger partial charge < -0.3 is 5.73 Å². The molecule has 100 valence electrons. The molecule has 0 heterocycles. The van der Waals surface area contributed by atoms with Crippen LogP contribution < -0.4 is 5.73 Å². The Balaban J connectivity index is 2.28. The van der Waals surface area contributed by atoms with Gasteiger partial charge in [0.25, 0.3) is 0 Å². The molecule has 0 bridgehead atoms. The highest BCUT2D eigenvalue weighted by atomic mass is 79.9. The summed E-state index contributed by atoms with van der Waals surface area (Å²) in [6, 6.07) is 9.62. The number of benzene rings is 2. The lowest BCUT2D eigenvalue weighted by Gasteiger charge is -2.15. The lowest BCUT2D eigenvalue weighted by Crippen LogP contribution is -2.15. The van der Waals surface area contributed by atoms with Crippen molar-refractivity contribution < 1.29 is 4.39 Å². The molecular formula is C14H11BrCl2FN. The van der Waals surface area contributed by atoms with Crippen molar-refractivity contribution in [3.05, 3.63) is 67.9 Å². The quantitative estimate of drug-likeness (QED) is 0.803. The van der Waals surface area contributed by atoms with Gasteiger partial charge in [-0.3, -0.25) is 0 Å². The Labute approximate surface area is 129 Å². The Bertz CT molecular complexity index is 584. The van der Waals surface area contributed by atoms with E-state index in [0.717, 1.165) is 10.0 Å². The third-order valence-electron chi connectivity index (χ3n) is 2.85. The lowest BCUT2D eigenvalue weighted by atomic mass is 9.99.